The van der Waals surface area contributed by atoms with E-state index < -0.39 is 11.7 Å². The molecule has 0 saturated carbocycles. The van der Waals surface area contributed by atoms with Crippen molar-refractivity contribution in [3.63, 3.8) is 0 Å². The Morgan fingerprint density at radius 2 is 1.82 bits per heavy atom. The van der Waals surface area contributed by atoms with Crippen LogP contribution in [0.3, 0.4) is 0 Å². The molecule has 2 N–H and O–H groups in total. The molecule has 0 aromatic heterocycles. The van der Waals surface area contributed by atoms with Crippen LogP contribution in [0.25, 0.3) is 6.08 Å². The van der Waals surface area contributed by atoms with Crippen LogP contribution >= 0.6 is 0 Å². The first kappa shape index (κ1) is 22.7. The zero-order valence-electron chi connectivity index (χ0n) is 19.2. The summed E-state index contributed by atoms with van der Waals surface area (Å²) >= 11 is 0. The fourth-order valence-corrected chi connectivity index (χ4v) is 3.91. The smallest absolute Gasteiger partial charge is 0.131 e. The van der Waals surface area contributed by atoms with Crippen LogP contribution in [0.1, 0.15) is 48.6 Å². The van der Waals surface area contributed by atoms with Crippen LogP contribution in [-0.2, 0) is 13.0 Å². The van der Waals surface area contributed by atoms with Gasteiger partial charge in [-0.05, 0) is 68.2 Å². The largest absolute Gasteiger partial charge is 0.507 e. The summed E-state index contributed by atoms with van der Waals surface area (Å²) in [6.07, 6.45) is 4.00. The number of aryl methyl sites for hydroxylation is 1. The van der Waals surface area contributed by atoms with Crippen molar-refractivity contribution in [1.29, 1.82) is 0 Å². The number of aliphatic hydroxyl groups excluding tert-OH is 1. The molecular weight excluding hydrogens is 416 g/mol. The maximum Gasteiger partial charge on any atom is 0.131 e. The lowest BCUT2D eigenvalue weighted by atomic mass is 9.96. The minimum absolute atomic E-state index is 0.196. The third-order valence-corrected chi connectivity index (χ3v) is 5.79. The van der Waals surface area contributed by atoms with Gasteiger partial charge in [-0.15, -0.1) is 0 Å². The van der Waals surface area contributed by atoms with Crippen molar-refractivity contribution in [3.8, 4) is 23.0 Å². The minimum Gasteiger partial charge on any atom is -0.507 e. The van der Waals surface area contributed by atoms with Crippen LogP contribution in [0.15, 0.2) is 66.7 Å². The molecule has 0 bridgehead atoms. The lowest BCUT2D eigenvalue weighted by Gasteiger charge is -2.28. The molecule has 4 rings (SSSR count). The number of hydrogen-bond donors (Lipinski definition) is 2. The van der Waals surface area contributed by atoms with Gasteiger partial charge in [0.2, 0.25) is 0 Å². The van der Waals surface area contributed by atoms with Crippen LogP contribution in [0, 0.1) is 0 Å². The quantitative estimate of drug-likeness (QED) is 0.456. The summed E-state index contributed by atoms with van der Waals surface area (Å²) < 4.78 is 17.3. The fourth-order valence-electron chi connectivity index (χ4n) is 3.91. The molecule has 172 valence electrons. The van der Waals surface area contributed by atoms with E-state index in [2.05, 4.69) is 0 Å². The third kappa shape index (κ3) is 5.32. The Hall–Kier alpha value is -3.44. The predicted octanol–water partition coefficient (Wildman–Crippen LogP) is 5.83. The molecule has 33 heavy (non-hydrogen) atoms. The average Bonchev–Trinajstić information content (AvgIpc) is 2.82. The van der Waals surface area contributed by atoms with E-state index in [9.17, 15) is 10.2 Å². The Labute approximate surface area is 194 Å². The lowest BCUT2D eigenvalue weighted by Crippen LogP contribution is -2.27. The summed E-state index contributed by atoms with van der Waals surface area (Å²) in [7, 11) is 1.60. The van der Waals surface area contributed by atoms with Gasteiger partial charge in [0, 0.05) is 11.6 Å². The Balaban J connectivity index is 1.49. The molecule has 5 nitrogen and oxygen atoms in total. The van der Waals surface area contributed by atoms with E-state index in [1.165, 1.54) is 0 Å². The van der Waals surface area contributed by atoms with Gasteiger partial charge in [0.15, 0.2) is 0 Å². The first-order valence-corrected chi connectivity index (χ1v) is 11.1. The average molecular weight is 447 g/mol. The molecule has 0 amide bonds. The van der Waals surface area contributed by atoms with Gasteiger partial charge in [0.25, 0.3) is 0 Å². The number of fused-ring (bicyclic) bond motifs is 1. The maximum atomic E-state index is 11.0. The monoisotopic (exact) mass is 446 g/mol. The highest BCUT2D eigenvalue weighted by molar-refractivity contribution is 5.68. The van der Waals surface area contributed by atoms with E-state index in [1.807, 2.05) is 80.6 Å². The molecule has 1 aliphatic rings. The molecule has 3 aromatic rings. The van der Waals surface area contributed by atoms with Gasteiger partial charge in [0.05, 0.1) is 18.8 Å². The topological polar surface area (TPSA) is 68.2 Å². The second-order valence-electron chi connectivity index (χ2n) is 8.76. The number of rotatable bonds is 8. The maximum absolute atomic E-state index is 11.0. The predicted molar refractivity (Wildman–Crippen MR) is 129 cm³/mol. The summed E-state index contributed by atoms with van der Waals surface area (Å²) in [5.74, 6) is 2.10. The van der Waals surface area contributed by atoms with Crippen LogP contribution in [0.5, 0.6) is 23.0 Å². The SMILES string of the molecule is COc1ccc(C(O)CCc2ccc3c(c2O)C=CC(C)(C)O3)c(OCc2ccccc2)c1. The number of aliphatic hydroxyl groups is 1. The molecule has 0 saturated heterocycles. The summed E-state index contributed by atoms with van der Waals surface area (Å²) in [6, 6.07) is 19.1. The number of benzene rings is 3. The van der Waals surface area contributed by atoms with E-state index in [1.54, 1.807) is 13.2 Å². The Morgan fingerprint density at radius 3 is 2.58 bits per heavy atom. The highest BCUT2D eigenvalue weighted by Gasteiger charge is 2.24. The van der Waals surface area contributed by atoms with Crippen molar-refractivity contribution >= 4 is 6.08 Å². The Bertz CT molecular complexity index is 1130. The second-order valence-corrected chi connectivity index (χ2v) is 8.76. The molecule has 3 aromatic carbocycles. The van der Waals surface area contributed by atoms with Crippen molar-refractivity contribution in [2.24, 2.45) is 0 Å². The van der Waals surface area contributed by atoms with Crippen LogP contribution in [-0.4, -0.2) is 22.9 Å². The Morgan fingerprint density at radius 1 is 1.03 bits per heavy atom. The number of aromatic hydroxyl groups is 1. The molecule has 1 aliphatic heterocycles. The van der Waals surface area contributed by atoms with Crippen molar-refractivity contribution in [2.75, 3.05) is 7.11 Å². The fraction of sp³-hybridized carbons (Fsp3) is 0.286. The standard InChI is InChI=1S/C28H30O5/c1-28(2)16-15-23-25(33-28)14-10-20(27(23)30)9-13-24(29)22-12-11-21(31-3)17-26(22)32-18-19-7-5-4-6-8-19/h4-8,10-12,14-17,24,29-30H,9,13,18H2,1-3H3. The molecule has 5 heteroatoms. The van der Waals surface area contributed by atoms with Crippen molar-refractivity contribution in [1.82, 2.24) is 0 Å². The van der Waals surface area contributed by atoms with Gasteiger partial charge in [-0.2, -0.15) is 0 Å². The zero-order valence-corrected chi connectivity index (χ0v) is 19.2. The summed E-state index contributed by atoms with van der Waals surface area (Å²) in [5, 5.41) is 21.7. The number of methoxy groups -OCH3 is 1. The van der Waals surface area contributed by atoms with E-state index in [0.29, 0.717) is 47.8 Å². The molecular formula is C28H30O5. The summed E-state index contributed by atoms with van der Waals surface area (Å²) in [6.45, 7) is 4.34. The Kier molecular flexibility index (Phi) is 6.61. The number of phenolic OH excluding ortho intramolecular Hbond substituents is 1. The molecule has 0 fully saturated rings. The molecule has 0 aliphatic carbocycles. The number of hydrogen-bond acceptors (Lipinski definition) is 5. The molecule has 0 spiro atoms. The van der Waals surface area contributed by atoms with Crippen molar-refractivity contribution in [3.05, 3.63) is 89.0 Å². The molecule has 1 heterocycles. The first-order valence-electron chi connectivity index (χ1n) is 11.1. The minimum atomic E-state index is -0.761. The van der Waals surface area contributed by atoms with E-state index >= 15 is 0 Å². The van der Waals surface area contributed by atoms with E-state index in [0.717, 1.165) is 11.1 Å². The van der Waals surface area contributed by atoms with Crippen LogP contribution < -0.4 is 14.2 Å². The number of ether oxygens (including phenoxy) is 3. The first-order chi connectivity index (χ1) is 15.9. The van der Waals surface area contributed by atoms with Gasteiger partial charge >= 0.3 is 0 Å². The summed E-state index contributed by atoms with van der Waals surface area (Å²) in [5.41, 5.74) is 2.77. The van der Waals surface area contributed by atoms with Gasteiger partial charge in [-0.1, -0.05) is 36.4 Å². The van der Waals surface area contributed by atoms with E-state index in [-0.39, 0.29) is 5.75 Å². The van der Waals surface area contributed by atoms with Crippen LogP contribution in [0.4, 0.5) is 0 Å². The second kappa shape index (κ2) is 9.59. The lowest BCUT2D eigenvalue weighted by molar-refractivity contribution is 0.157. The van der Waals surface area contributed by atoms with Crippen molar-refractivity contribution in [2.45, 2.75) is 45.0 Å². The molecule has 0 radical (unpaired) electrons. The highest BCUT2D eigenvalue weighted by atomic mass is 16.5. The molecule has 1 unspecified atom stereocenters. The van der Waals surface area contributed by atoms with Gasteiger partial charge in [-0.25, -0.2) is 0 Å². The third-order valence-electron chi connectivity index (χ3n) is 5.79. The van der Waals surface area contributed by atoms with Gasteiger partial charge in [0.1, 0.15) is 35.2 Å². The summed E-state index contributed by atoms with van der Waals surface area (Å²) in [4.78, 5) is 0. The van der Waals surface area contributed by atoms with Crippen molar-refractivity contribution < 1.29 is 24.4 Å². The van der Waals surface area contributed by atoms with Crippen LogP contribution in [0.2, 0.25) is 0 Å². The van der Waals surface area contributed by atoms with Gasteiger partial charge < -0.3 is 24.4 Å². The van der Waals surface area contributed by atoms with Gasteiger partial charge in [-0.3, -0.25) is 0 Å². The van der Waals surface area contributed by atoms with E-state index in [4.69, 9.17) is 14.2 Å². The highest BCUT2D eigenvalue weighted by Crippen LogP contribution is 2.40. The zero-order chi connectivity index (χ0) is 23.4. The normalized spacial score (nSPS) is 14.8. The number of phenols is 1. The molecule has 1 atom stereocenters.